The highest BCUT2D eigenvalue weighted by Gasteiger charge is 2.17. The van der Waals surface area contributed by atoms with Gasteiger partial charge in [0.05, 0.1) is 6.04 Å². The van der Waals surface area contributed by atoms with Crippen molar-refractivity contribution < 1.29 is 13.2 Å². The minimum atomic E-state index is -0.667. The van der Waals surface area contributed by atoms with E-state index in [-0.39, 0.29) is 5.56 Å². The van der Waals surface area contributed by atoms with E-state index in [2.05, 4.69) is 21.2 Å². The van der Waals surface area contributed by atoms with Crippen LogP contribution >= 0.6 is 15.9 Å². The molecule has 1 nitrogen and oxygen atoms in total. The third kappa shape index (κ3) is 3.16. The molecule has 0 radical (unpaired) electrons. The van der Waals surface area contributed by atoms with Crippen LogP contribution in [0.3, 0.4) is 0 Å². The Hall–Kier alpha value is -1.33. The van der Waals surface area contributed by atoms with Crippen LogP contribution < -0.4 is 5.32 Å². The Balaban J connectivity index is 2.49. The van der Waals surface area contributed by atoms with Gasteiger partial charge in [-0.3, -0.25) is 0 Å². The number of nitrogens with one attached hydrogen (secondary N) is 1. The molecule has 2 aromatic carbocycles. The second kappa shape index (κ2) is 5.75. The van der Waals surface area contributed by atoms with Crippen LogP contribution in [0.15, 0.2) is 40.9 Å². The molecule has 1 N–H and O–H groups in total. The lowest BCUT2D eigenvalue weighted by molar-refractivity contribution is 0.549. The summed E-state index contributed by atoms with van der Waals surface area (Å²) < 4.78 is 40.7. The summed E-state index contributed by atoms with van der Waals surface area (Å²) in [6, 6.07) is 7.11. The molecule has 0 amide bonds. The highest BCUT2D eigenvalue weighted by molar-refractivity contribution is 9.10. The van der Waals surface area contributed by atoms with Crippen LogP contribution in [0.2, 0.25) is 0 Å². The molecule has 0 saturated carbocycles. The van der Waals surface area contributed by atoms with Crippen LogP contribution in [0, 0.1) is 17.5 Å². The van der Waals surface area contributed by atoms with Gasteiger partial charge in [-0.1, -0.05) is 22.0 Å². The molecule has 2 aromatic rings. The molecule has 5 heteroatoms. The van der Waals surface area contributed by atoms with Crippen molar-refractivity contribution in [3.05, 3.63) is 69.4 Å². The van der Waals surface area contributed by atoms with E-state index in [4.69, 9.17) is 0 Å². The van der Waals surface area contributed by atoms with E-state index in [1.165, 1.54) is 24.3 Å². The lowest BCUT2D eigenvalue weighted by Crippen LogP contribution is -2.19. The predicted molar refractivity (Wildman–Crippen MR) is 71.4 cm³/mol. The zero-order valence-electron chi connectivity index (χ0n) is 10.1. The Kier molecular flexibility index (Phi) is 4.27. The lowest BCUT2D eigenvalue weighted by Gasteiger charge is -2.18. The summed E-state index contributed by atoms with van der Waals surface area (Å²) in [6.07, 6.45) is 0. The maximum absolute atomic E-state index is 13.8. The molecule has 1 atom stereocenters. The van der Waals surface area contributed by atoms with Gasteiger partial charge in [-0.05, 0) is 36.9 Å². The van der Waals surface area contributed by atoms with E-state index in [1.807, 2.05) is 0 Å². The van der Waals surface area contributed by atoms with Crippen molar-refractivity contribution in [2.45, 2.75) is 6.04 Å². The molecule has 0 bridgehead atoms. The van der Waals surface area contributed by atoms with Crippen LogP contribution in [0.5, 0.6) is 0 Å². The first-order valence-corrected chi connectivity index (χ1v) is 6.39. The Morgan fingerprint density at radius 3 is 2.32 bits per heavy atom. The first kappa shape index (κ1) is 14.1. The standard InChI is InChI=1S/C14H11BrF3N/c1-19-14(8-4-9(15)6-11(17)5-8)12-3-2-10(16)7-13(12)18/h2-7,14,19H,1H3. The van der Waals surface area contributed by atoms with Crippen molar-refractivity contribution in [1.29, 1.82) is 0 Å². The van der Waals surface area contributed by atoms with Crippen LogP contribution in [-0.4, -0.2) is 7.05 Å². The van der Waals surface area contributed by atoms with Crippen LogP contribution in [0.1, 0.15) is 17.2 Å². The zero-order chi connectivity index (χ0) is 14.0. The third-order valence-electron chi connectivity index (χ3n) is 2.78. The lowest BCUT2D eigenvalue weighted by atomic mass is 9.98. The highest BCUT2D eigenvalue weighted by Crippen LogP contribution is 2.27. The smallest absolute Gasteiger partial charge is 0.131 e. The average Bonchev–Trinajstić information content (AvgIpc) is 2.31. The number of halogens is 4. The van der Waals surface area contributed by atoms with Gasteiger partial charge in [0, 0.05) is 16.1 Å². The van der Waals surface area contributed by atoms with Gasteiger partial charge in [-0.15, -0.1) is 0 Å². The second-order valence-electron chi connectivity index (χ2n) is 4.09. The summed E-state index contributed by atoms with van der Waals surface area (Å²) in [7, 11) is 1.63. The molecular weight excluding hydrogens is 319 g/mol. The Morgan fingerprint density at radius 1 is 1.00 bits per heavy atom. The number of rotatable bonds is 3. The first-order valence-electron chi connectivity index (χ1n) is 5.59. The first-order chi connectivity index (χ1) is 9.01. The van der Waals surface area contributed by atoms with Gasteiger partial charge in [0.15, 0.2) is 0 Å². The average molecular weight is 330 g/mol. The van der Waals surface area contributed by atoms with Crippen molar-refractivity contribution >= 4 is 15.9 Å². The van der Waals surface area contributed by atoms with Crippen molar-refractivity contribution in [2.75, 3.05) is 7.05 Å². The number of hydrogen-bond acceptors (Lipinski definition) is 1. The topological polar surface area (TPSA) is 12.0 Å². The molecule has 100 valence electrons. The molecule has 0 aliphatic heterocycles. The van der Waals surface area contributed by atoms with E-state index in [0.29, 0.717) is 10.0 Å². The van der Waals surface area contributed by atoms with Gasteiger partial charge < -0.3 is 5.32 Å². The fourth-order valence-corrected chi connectivity index (χ4v) is 2.46. The van der Waals surface area contributed by atoms with E-state index in [0.717, 1.165) is 6.07 Å². The maximum Gasteiger partial charge on any atom is 0.131 e. The molecule has 0 fully saturated rings. The van der Waals surface area contributed by atoms with Gasteiger partial charge >= 0.3 is 0 Å². The molecule has 19 heavy (non-hydrogen) atoms. The number of hydrogen-bond donors (Lipinski definition) is 1. The van der Waals surface area contributed by atoms with Crippen molar-refractivity contribution in [1.82, 2.24) is 5.32 Å². The zero-order valence-corrected chi connectivity index (χ0v) is 11.6. The normalized spacial score (nSPS) is 12.5. The predicted octanol–water partition coefficient (Wildman–Crippen LogP) is 4.18. The number of benzene rings is 2. The maximum atomic E-state index is 13.8. The third-order valence-corrected chi connectivity index (χ3v) is 3.24. The van der Waals surface area contributed by atoms with Gasteiger partial charge in [-0.25, -0.2) is 13.2 Å². The summed E-state index contributed by atoms with van der Waals surface area (Å²) in [4.78, 5) is 0. The Bertz CT molecular complexity index is 581. The SMILES string of the molecule is CNC(c1cc(F)cc(Br)c1)c1ccc(F)cc1F. The highest BCUT2D eigenvalue weighted by atomic mass is 79.9. The molecule has 0 aliphatic carbocycles. The minimum Gasteiger partial charge on any atom is -0.309 e. The summed E-state index contributed by atoms with van der Waals surface area (Å²) in [6.45, 7) is 0. The molecule has 0 spiro atoms. The quantitative estimate of drug-likeness (QED) is 0.890. The van der Waals surface area contributed by atoms with Crippen LogP contribution in [0.4, 0.5) is 13.2 Å². The van der Waals surface area contributed by atoms with Gasteiger partial charge in [-0.2, -0.15) is 0 Å². The molecule has 1 unspecified atom stereocenters. The Labute approximate surface area is 117 Å². The van der Waals surface area contributed by atoms with Crippen molar-refractivity contribution in [3.63, 3.8) is 0 Å². The summed E-state index contributed by atoms with van der Waals surface area (Å²) in [5, 5.41) is 2.90. The van der Waals surface area contributed by atoms with Gasteiger partial charge in [0.25, 0.3) is 0 Å². The van der Waals surface area contributed by atoms with Crippen molar-refractivity contribution in [3.8, 4) is 0 Å². The van der Waals surface area contributed by atoms with Crippen molar-refractivity contribution in [2.24, 2.45) is 0 Å². The molecule has 0 aliphatic rings. The van der Waals surface area contributed by atoms with Gasteiger partial charge in [0.2, 0.25) is 0 Å². The summed E-state index contributed by atoms with van der Waals surface area (Å²) >= 11 is 3.19. The summed E-state index contributed by atoms with van der Waals surface area (Å²) in [5.74, 6) is -1.73. The molecule has 0 aromatic heterocycles. The van der Waals surface area contributed by atoms with Crippen LogP contribution in [0.25, 0.3) is 0 Å². The van der Waals surface area contributed by atoms with E-state index in [9.17, 15) is 13.2 Å². The molecule has 2 rings (SSSR count). The second-order valence-corrected chi connectivity index (χ2v) is 5.01. The van der Waals surface area contributed by atoms with E-state index in [1.54, 1.807) is 13.1 Å². The fraction of sp³-hybridized carbons (Fsp3) is 0.143. The fourth-order valence-electron chi connectivity index (χ4n) is 1.98. The molecule has 0 heterocycles. The molecular formula is C14H11BrF3N. The largest absolute Gasteiger partial charge is 0.309 e. The summed E-state index contributed by atoms with van der Waals surface area (Å²) in [5.41, 5.74) is 0.821. The minimum absolute atomic E-state index is 0.265. The van der Waals surface area contributed by atoms with Crippen LogP contribution in [-0.2, 0) is 0 Å². The monoisotopic (exact) mass is 329 g/mol. The Morgan fingerprint density at radius 2 is 1.74 bits per heavy atom. The van der Waals surface area contributed by atoms with E-state index >= 15 is 0 Å². The van der Waals surface area contributed by atoms with E-state index < -0.39 is 23.5 Å². The molecule has 0 saturated heterocycles. The van der Waals surface area contributed by atoms with Gasteiger partial charge in [0.1, 0.15) is 17.5 Å².